The molecule has 2 rings (SSSR count). The lowest BCUT2D eigenvalue weighted by Gasteiger charge is -2.30. The van der Waals surface area contributed by atoms with Crippen molar-refractivity contribution in [2.24, 2.45) is 10.8 Å². The standard InChI is InChI=1S/C17H28N2O/c1-2-16(9-7-8-10-16)14-19-15(20)17(13-18)11-5-3-4-6-12-17/h2-12,14H2,1H3,(H,19,20). The Balaban J connectivity index is 1.97. The van der Waals surface area contributed by atoms with E-state index in [1.807, 2.05) is 0 Å². The zero-order valence-corrected chi connectivity index (χ0v) is 12.8. The summed E-state index contributed by atoms with van der Waals surface area (Å²) in [6.07, 6.45) is 12.0. The van der Waals surface area contributed by atoms with Gasteiger partial charge < -0.3 is 5.32 Å². The Hall–Kier alpha value is -1.04. The number of carbonyl (C=O) groups is 1. The van der Waals surface area contributed by atoms with Gasteiger partial charge in [-0.25, -0.2) is 0 Å². The van der Waals surface area contributed by atoms with Crippen molar-refractivity contribution in [1.82, 2.24) is 5.32 Å². The number of nitrogens with one attached hydrogen (secondary N) is 1. The van der Waals surface area contributed by atoms with Crippen molar-refractivity contribution in [3.8, 4) is 6.07 Å². The van der Waals surface area contributed by atoms with Crippen LogP contribution in [0.4, 0.5) is 0 Å². The minimum absolute atomic E-state index is 0.00150. The molecule has 3 heteroatoms. The second-order valence-electron chi connectivity index (χ2n) is 6.85. The summed E-state index contributed by atoms with van der Waals surface area (Å²) in [6, 6.07) is 2.35. The van der Waals surface area contributed by atoms with Crippen molar-refractivity contribution < 1.29 is 4.79 Å². The van der Waals surface area contributed by atoms with Crippen molar-refractivity contribution in [3.05, 3.63) is 0 Å². The number of hydrogen-bond acceptors (Lipinski definition) is 2. The topological polar surface area (TPSA) is 52.9 Å². The molecule has 1 N–H and O–H groups in total. The first-order valence-corrected chi connectivity index (χ1v) is 8.36. The van der Waals surface area contributed by atoms with Crippen molar-refractivity contribution in [2.45, 2.75) is 77.6 Å². The molecule has 3 nitrogen and oxygen atoms in total. The fourth-order valence-corrected chi connectivity index (χ4v) is 3.94. The van der Waals surface area contributed by atoms with E-state index in [-0.39, 0.29) is 5.91 Å². The summed E-state index contributed by atoms with van der Waals surface area (Å²) in [4.78, 5) is 12.6. The summed E-state index contributed by atoms with van der Waals surface area (Å²) >= 11 is 0. The lowest BCUT2D eigenvalue weighted by atomic mass is 9.79. The van der Waals surface area contributed by atoms with E-state index in [2.05, 4.69) is 18.3 Å². The number of amides is 1. The quantitative estimate of drug-likeness (QED) is 0.791. The van der Waals surface area contributed by atoms with Gasteiger partial charge in [0.05, 0.1) is 6.07 Å². The largest absolute Gasteiger partial charge is 0.354 e. The molecule has 0 heterocycles. The highest BCUT2D eigenvalue weighted by Crippen LogP contribution is 2.41. The Morgan fingerprint density at radius 3 is 2.10 bits per heavy atom. The Kier molecular flexibility index (Phi) is 5.07. The lowest BCUT2D eigenvalue weighted by molar-refractivity contribution is -0.129. The van der Waals surface area contributed by atoms with Crippen LogP contribution >= 0.6 is 0 Å². The summed E-state index contributed by atoms with van der Waals surface area (Å²) < 4.78 is 0. The van der Waals surface area contributed by atoms with Gasteiger partial charge in [0.15, 0.2) is 0 Å². The van der Waals surface area contributed by atoms with Gasteiger partial charge in [0.25, 0.3) is 0 Å². The average molecular weight is 276 g/mol. The van der Waals surface area contributed by atoms with E-state index in [4.69, 9.17) is 0 Å². The molecule has 1 amide bonds. The molecule has 0 aromatic heterocycles. The zero-order valence-electron chi connectivity index (χ0n) is 12.8. The van der Waals surface area contributed by atoms with E-state index >= 15 is 0 Å². The van der Waals surface area contributed by atoms with Crippen LogP contribution in [0.5, 0.6) is 0 Å². The van der Waals surface area contributed by atoms with Crippen molar-refractivity contribution in [3.63, 3.8) is 0 Å². The summed E-state index contributed by atoms with van der Waals surface area (Å²) in [7, 11) is 0. The first-order valence-electron chi connectivity index (χ1n) is 8.36. The zero-order chi connectivity index (χ0) is 14.5. The van der Waals surface area contributed by atoms with Gasteiger partial charge in [-0.1, -0.05) is 45.4 Å². The smallest absolute Gasteiger partial charge is 0.240 e. The van der Waals surface area contributed by atoms with Gasteiger partial charge in [-0.2, -0.15) is 5.26 Å². The summed E-state index contributed by atoms with van der Waals surface area (Å²) in [5.74, 6) is 0.00150. The Bertz CT molecular complexity index is 369. The lowest BCUT2D eigenvalue weighted by Crippen LogP contribution is -2.44. The Morgan fingerprint density at radius 2 is 1.60 bits per heavy atom. The normalized spacial score (nSPS) is 24.6. The summed E-state index contributed by atoms with van der Waals surface area (Å²) in [6.45, 7) is 2.99. The van der Waals surface area contributed by atoms with Gasteiger partial charge in [0, 0.05) is 6.54 Å². The molecule has 0 aliphatic heterocycles. The van der Waals surface area contributed by atoms with Gasteiger partial charge in [0.1, 0.15) is 5.41 Å². The van der Waals surface area contributed by atoms with Crippen molar-refractivity contribution in [1.29, 1.82) is 5.26 Å². The molecule has 2 fully saturated rings. The minimum atomic E-state index is -0.746. The van der Waals surface area contributed by atoms with Crippen LogP contribution in [0.1, 0.15) is 77.6 Å². The third-order valence-corrected chi connectivity index (χ3v) is 5.64. The molecule has 112 valence electrons. The van der Waals surface area contributed by atoms with Crippen LogP contribution in [0.2, 0.25) is 0 Å². The van der Waals surface area contributed by atoms with Crippen molar-refractivity contribution in [2.75, 3.05) is 6.54 Å². The van der Waals surface area contributed by atoms with E-state index in [1.54, 1.807) is 0 Å². The molecule has 0 spiro atoms. The molecule has 0 radical (unpaired) electrons. The molecule has 0 aromatic rings. The fraction of sp³-hybridized carbons (Fsp3) is 0.882. The van der Waals surface area contributed by atoms with E-state index in [0.717, 1.165) is 51.5 Å². The fourth-order valence-electron chi connectivity index (χ4n) is 3.94. The molecule has 2 aliphatic carbocycles. The first kappa shape index (κ1) is 15.4. The van der Waals surface area contributed by atoms with Gasteiger partial charge in [0.2, 0.25) is 5.91 Å². The highest BCUT2D eigenvalue weighted by molar-refractivity contribution is 5.85. The second kappa shape index (κ2) is 6.61. The van der Waals surface area contributed by atoms with Crippen LogP contribution in [0.25, 0.3) is 0 Å². The minimum Gasteiger partial charge on any atom is -0.354 e. The van der Waals surface area contributed by atoms with Crippen LogP contribution in [-0.2, 0) is 4.79 Å². The molecule has 0 unspecified atom stereocenters. The molecule has 2 aliphatic rings. The maximum Gasteiger partial charge on any atom is 0.240 e. The molecule has 0 aromatic carbocycles. The monoisotopic (exact) mass is 276 g/mol. The van der Waals surface area contributed by atoms with E-state index in [0.29, 0.717) is 5.41 Å². The predicted octanol–water partition coefficient (Wildman–Crippen LogP) is 3.94. The molecule has 0 atom stereocenters. The maximum atomic E-state index is 12.6. The van der Waals surface area contributed by atoms with Crippen LogP contribution in [0, 0.1) is 22.2 Å². The number of nitrogens with zero attached hydrogens (tertiary/aromatic N) is 1. The predicted molar refractivity (Wildman–Crippen MR) is 79.9 cm³/mol. The summed E-state index contributed by atoms with van der Waals surface area (Å²) in [5.41, 5.74) is -0.443. The second-order valence-corrected chi connectivity index (χ2v) is 6.85. The summed E-state index contributed by atoms with van der Waals surface area (Å²) in [5, 5.41) is 12.7. The SMILES string of the molecule is CCC1(CNC(=O)C2(C#N)CCCCCC2)CCCC1. The van der Waals surface area contributed by atoms with Crippen molar-refractivity contribution >= 4 is 5.91 Å². The number of carbonyl (C=O) groups excluding carboxylic acids is 1. The van der Waals surface area contributed by atoms with Crippen LogP contribution in [-0.4, -0.2) is 12.5 Å². The number of nitriles is 1. The van der Waals surface area contributed by atoms with Crippen LogP contribution < -0.4 is 5.32 Å². The average Bonchev–Trinajstić information content (AvgIpc) is 2.82. The van der Waals surface area contributed by atoms with Crippen LogP contribution in [0.3, 0.4) is 0 Å². The molecule has 0 bridgehead atoms. The third kappa shape index (κ3) is 3.16. The number of rotatable bonds is 4. The molecular weight excluding hydrogens is 248 g/mol. The van der Waals surface area contributed by atoms with Gasteiger partial charge in [-0.3, -0.25) is 4.79 Å². The van der Waals surface area contributed by atoms with Crippen LogP contribution in [0.15, 0.2) is 0 Å². The number of hydrogen-bond donors (Lipinski definition) is 1. The molecule has 20 heavy (non-hydrogen) atoms. The molecular formula is C17H28N2O. The Morgan fingerprint density at radius 1 is 1.05 bits per heavy atom. The van der Waals surface area contributed by atoms with E-state index in [9.17, 15) is 10.1 Å². The molecule has 2 saturated carbocycles. The van der Waals surface area contributed by atoms with E-state index < -0.39 is 5.41 Å². The first-order chi connectivity index (χ1) is 9.66. The van der Waals surface area contributed by atoms with E-state index in [1.165, 1.54) is 25.7 Å². The third-order valence-electron chi connectivity index (χ3n) is 5.64. The van der Waals surface area contributed by atoms with Gasteiger partial charge >= 0.3 is 0 Å². The maximum absolute atomic E-state index is 12.6. The van der Waals surface area contributed by atoms with Gasteiger partial charge in [-0.05, 0) is 37.5 Å². The van der Waals surface area contributed by atoms with Gasteiger partial charge in [-0.15, -0.1) is 0 Å². The molecule has 0 saturated heterocycles. The highest BCUT2D eigenvalue weighted by Gasteiger charge is 2.40. The Labute approximate surface area is 123 Å². The highest BCUT2D eigenvalue weighted by atomic mass is 16.2.